The molecule has 1 saturated carbocycles. The smallest absolute Gasteiger partial charge is 0.366 e. The van der Waals surface area contributed by atoms with Crippen molar-refractivity contribution in [1.82, 2.24) is 13.9 Å². The fourth-order valence-electron chi connectivity index (χ4n) is 4.57. The molecule has 11 heteroatoms. The van der Waals surface area contributed by atoms with Gasteiger partial charge < -0.3 is 10.6 Å². The summed E-state index contributed by atoms with van der Waals surface area (Å²) in [4.78, 5) is 21.3. The van der Waals surface area contributed by atoms with Gasteiger partial charge in [-0.25, -0.2) is 9.97 Å². The van der Waals surface area contributed by atoms with Gasteiger partial charge in [-0.3, -0.25) is 8.77 Å². The average molecular weight is 539 g/mol. The second-order valence-corrected chi connectivity index (χ2v) is 10.5. The predicted octanol–water partition coefficient (Wildman–Crippen LogP) is 6.22. The summed E-state index contributed by atoms with van der Waals surface area (Å²) in [6.45, 7) is 2.19. The second-order valence-electron chi connectivity index (χ2n) is 9.49. The zero-order valence-corrected chi connectivity index (χ0v) is 21.4. The molecule has 1 aromatic carbocycles. The van der Waals surface area contributed by atoms with Crippen LogP contribution in [0.2, 0.25) is 0 Å². The number of aryl methyl sites for hydroxylation is 1. The van der Waals surface area contributed by atoms with E-state index in [1.165, 1.54) is 18.1 Å². The summed E-state index contributed by atoms with van der Waals surface area (Å²) in [7, 11) is 0. The first kappa shape index (κ1) is 25.9. The van der Waals surface area contributed by atoms with Crippen LogP contribution in [0.15, 0.2) is 47.1 Å². The molecule has 196 valence electrons. The van der Waals surface area contributed by atoms with Crippen molar-refractivity contribution in [2.45, 2.75) is 43.7 Å². The van der Waals surface area contributed by atoms with Crippen LogP contribution in [0.25, 0.3) is 17.3 Å². The lowest BCUT2D eigenvalue weighted by atomic mass is 9.88. The minimum Gasteiger partial charge on any atom is -0.366 e. The minimum atomic E-state index is -4.49. The molecule has 2 aliphatic rings. The Bertz CT molecular complexity index is 1430. The van der Waals surface area contributed by atoms with Crippen LogP contribution < -0.4 is 10.6 Å². The van der Waals surface area contributed by atoms with Crippen LogP contribution in [-0.2, 0) is 4.79 Å². The van der Waals surface area contributed by atoms with Crippen molar-refractivity contribution < 1.29 is 18.0 Å². The van der Waals surface area contributed by atoms with E-state index in [2.05, 4.69) is 26.7 Å². The highest BCUT2D eigenvalue weighted by Crippen LogP contribution is 2.42. The van der Waals surface area contributed by atoms with Crippen LogP contribution in [0.5, 0.6) is 0 Å². The maximum Gasteiger partial charge on any atom is 0.414 e. The molecule has 38 heavy (non-hydrogen) atoms. The number of anilines is 2. The number of halogens is 3. The van der Waals surface area contributed by atoms with Gasteiger partial charge in [0.25, 0.3) is 0 Å². The van der Waals surface area contributed by atoms with Crippen molar-refractivity contribution in [3.8, 4) is 17.3 Å². The second kappa shape index (κ2) is 10.5. The van der Waals surface area contributed by atoms with E-state index in [0.29, 0.717) is 42.2 Å². The molecule has 0 amide bonds. The van der Waals surface area contributed by atoms with E-state index < -0.39 is 11.7 Å². The van der Waals surface area contributed by atoms with E-state index >= 15 is 0 Å². The number of benzene rings is 1. The number of rotatable bonds is 6. The molecule has 5 rings (SSSR count). The lowest BCUT2D eigenvalue weighted by molar-refractivity contribution is -0.120. The molecular weight excluding hydrogens is 513 g/mol. The fourth-order valence-corrected chi connectivity index (χ4v) is 5.47. The monoisotopic (exact) mass is 538 g/mol. The Morgan fingerprint density at radius 1 is 1.24 bits per heavy atom. The molecule has 2 aromatic heterocycles. The van der Waals surface area contributed by atoms with Crippen molar-refractivity contribution in [2.75, 3.05) is 23.7 Å². The third-order valence-electron chi connectivity index (χ3n) is 6.74. The van der Waals surface area contributed by atoms with Gasteiger partial charge in [0.1, 0.15) is 17.7 Å². The van der Waals surface area contributed by atoms with Gasteiger partial charge >= 0.3 is 6.18 Å². The van der Waals surface area contributed by atoms with Crippen LogP contribution in [-0.4, -0.2) is 39.0 Å². The number of carbonyl (C=O) groups is 1. The summed E-state index contributed by atoms with van der Waals surface area (Å²) in [5.41, 5.74) is 1.52. The van der Waals surface area contributed by atoms with Gasteiger partial charge in [-0.2, -0.15) is 18.4 Å². The number of hydrogen-bond donors (Lipinski definition) is 2. The predicted molar refractivity (Wildman–Crippen MR) is 141 cm³/mol. The zero-order valence-electron chi connectivity index (χ0n) is 20.6. The number of Topliss-reactive ketones (excluding diaryl/α,β-unsaturated/α-hetero) is 1. The normalized spacial score (nSPS) is 15.9. The Kier molecular flexibility index (Phi) is 7.17. The summed E-state index contributed by atoms with van der Waals surface area (Å²) in [6, 6.07) is 9.89. The highest BCUT2D eigenvalue weighted by molar-refractivity contribution is 7.98. The van der Waals surface area contributed by atoms with Gasteiger partial charge in [0.2, 0.25) is 5.95 Å². The molecule has 0 atom stereocenters. The molecule has 2 N–H and O–H groups in total. The Morgan fingerprint density at radius 3 is 2.66 bits per heavy atom. The summed E-state index contributed by atoms with van der Waals surface area (Å²) >= 11 is 1.36. The van der Waals surface area contributed by atoms with E-state index in [0.717, 1.165) is 29.4 Å². The molecule has 1 aliphatic heterocycles. The Hall–Kier alpha value is -3.78. The summed E-state index contributed by atoms with van der Waals surface area (Å²) in [5.74, 6) is 1.36. The summed E-state index contributed by atoms with van der Waals surface area (Å²) in [6.07, 6.45) is 2.43. The van der Waals surface area contributed by atoms with Crippen molar-refractivity contribution >= 4 is 35.6 Å². The van der Waals surface area contributed by atoms with E-state index in [-0.39, 0.29) is 29.5 Å². The largest absolute Gasteiger partial charge is 0.414 e. The Balaban J connectivity index is 1.53. The molecule has 0 saturated heterocycles. The number of nitrogens with one attached hydrogen (secondary N) is 2. The Labute approximate surface area is 222 Å². The number of nitrogens with zero attached hydrogens (tertiary/aromatic N) is 4. The highest BCUT2D eigenvalue weighted by Gasteiger charge is 2.36. The maximum atomic E-state index is 13.6. The molecule has 1 aliphatic carbocycles. The molecule has 3 heterocycles. The van der Waals surface area contributed by atoms with E-state index in [1.54, 1.807) is 10.2 Å². The molecule has 7 nitrogen and oxygen atoms in total. The molecule has 0 bridgehead atoms. The molecule has 0 radical (unpaired) electrons. The Morgan fingerprint density at radius 2 is 1.97 bits per heavy atom. The number of carbonyl (C=O) groups excluding carboxylic acids is 1. The SMILES string of the molecule is Cc1ccc(Sn2cc(-c3nc(NCC4CCC(=O)CC4)ncc3C#N)c3c2NCC(C(F)(F)F)=C3)cc1. The van der Waals surface area contributed by atoms with E-state index in [9.17, 15) is 23.2 Å². The van der Waals surface area contributed by atoms with Gasteiger partial charge in [-0.05, 0) is 55.8 Å². The van der Waals surface area contributed by atoms with Crippen LogP contribution in [0.4, 0.5) is 24.9 Å². The van der Waals surface area contributed by atoms with Crippen molar-refractivity contribution in [3.05, 3.63) is 58.9 Å². The number of ketones is 1. The third-order valence-corrected chi connectivity index (χ3v) is 7.71. The topological polar surface area (TPSA) is 95.6 Å². The zero-order chi connectivity index (χ0) is 26.9. The van der Waals surface area contributed by atoms with Crippen LogP contribution in [0.3, 0.4) is 0 Å². The van der Waals surface area contributed by atoms with Crippen molar-refractivity contribution in [2.24, 2.45) is 5.92 Å². The van der Waals surface area contributed by atoms with Crippen LogP contribution >= 0.6 is 11.9 Å². The first-order valence-electron chi connectivity index (χ1n) is 12.3. The summed E-state index contributed by atoms with van der Waals surface area (Å²) < 4.78 is 42.7. The summed E-state index contributed by atoms with van der Waals surface area (Å²) in [5, 5.41) is 15.9. The van der Waals surface area contributed by atoms with Gasteiger partial charge in [-0.1, -0.05) is 17.7 Å². The number of nitriles is 1. The lowest BCUT2D eigenvalue weighted by Crippen LogP contribution is -2.23. The molecule has 0 unspecified atom stereocenters. The standard InChI is InChI=1S/C27H25F3N6OS/c1-16-2-8-21(9-3-16)38-36-15-23(22-10-19(27(28,29)30)14-32-25(22)36)24-18(11-31)13-34-26(35-24)33-12-17-4-6-20(37)7-5-17/h2-3,8-10,13,15,17,32H,4-7,12,14H2,1H3,(H,33,34,35). The lowest BCUT2D eigenvalue weighted by Gasteiger charge is -2.21. The number of hydrogen-bond acceptors (Lipinski definition) is 7. The fraction of sp³-hybridized carbons (Fsp3) is 0.333. The van der Waals surface area contributed by atoms with Crippen LogP contribution in [0, 0.1) is 24.2 Å². The van der Waals surface area contributed by atoms with Crippen molar-refractivity contribution in [1.29, 1.82) is 5.26 Å². The molecule has 1 fully saturated rings. The third kappa shape index (κ3) is 5.55. The van der Waals surface area contributed by atoms with Gasteiger partial charge in [0.05, 0.1) is 23.0 Å². The molecule has 3 aromatic rings. The van der Waals surface area contributed by atoms with E-state index in [1.807, 2.05) is 31.2 Å². The quantitative estimate of drug-likeness (QED) is 0.385. The van der Waals surface area contributed by atoms with Gasteiger partial charge in [-0.15, -0.1) is 0 Å². The maximum absolute atomic E-state index is 13.6. The first-order chi connectivity index (χ1) is 18.2. The van der Waals surface area contributed by atoms with Crippen molar-refractivity contribution in [3.63, 3.8) is 0 Å². The van der Waals surface area contributed by atoms with Gasteiger partial charge in [0.15, 0.2) is 0 Å². The minimum absolute atomic E-state index is 0.159. The average Bonchev–Trinajstić information content (AvgIpc) is 3.26. The first-order valence-corrected chi connectivity index (χ1v) is 13.0. The molecule has 0 spiro atoms. The van der Waals surface area contributed by atoms with Gasteiger partial charge in [0, 0.05) is 48.2 Å². The van der Waals surface area contributed by atoms with Crippen LogP contribution in [0.1, 0.15) is 42.4 Å². The van der Waals surface area contributed by atoms with E-state index in [4.69, 9.17) is 0 Å². The molecular formula is C27H25F3N6OS. The number of alkyl halides is 3. The highest BCUT2D eigenvalue weighted by atomic mass is 32.2. The number of fused-ring (bicyclic) bond motifs is 1. The number of aromatic nitrogens is 3.